The fraction of sp³-hybridized carbons (Fsp3) is 0.500. The van der Waals surface area contributed by atoms with Gasteiger partial charge in [-0.25, -0.2) is 0 Å². The van der Waals surface area contributed by atoms with E-state index in [0.717, 1.165) is 25.0 Å². The van der Waals surface area contributed by atoms with E-state index in [1.165, 1.54) is 6.42 Å². The molecule has 0 spiro atoms. The average molecular weight is 285 g/mol. The topological polar surface area (TPSA) is 64.4 Å². The predicted octanol–water partition coefficient (Wildman–Crippen LogP) is 1.87. The minimum atomic E-state index is -0.0484. The fourth-order valence-electron chi connectivity index (χ4n) is 2.07. The summed E-state index contributed by atoms with van der Waals surface area (Å²) in [5.74, 6) is -0.0484. The van der Waals surface area contributed by atoms with Gasteiger partial charge in [0.1, 0.15) is 0 Å². The standard InChI is InChI=1S/C14H20N2O2.ClH/c15-9-11-4-6-12(7-5-11)14(17)16-10-13-3-1-2-8-18-13;/h4-7,13H,1-3,8-10,15H2,(H,16,17);1H. The maximum absolute atomic E-state index is 11.9. The predicted molar refractivity (Wildman–Crippen MR) is 77.5 cm³/mol. The van der Waals surface area contributed by atoms with Crippen molar-refractivity contribution in [2.24, 2.45) is 5.73 Å². The Bertz CT molecular complexity index is 389. The van der Waals surface area contributed by atoms with Crippen LogP contribution < -0.4 is 11.1 Å². The van der Waals surface area contributed by atoms with Crippen molar-refractivity contribution in [1.29, 1.82) is 0 Å². The molecule has 0 radical (unpaired) electrons. The highest BCUT2D eigenvalue weighted by Crippen LogP contribution is 2.12. The largest absolute Gasteiger partial charge is 0.376 e. The molecule has 0 aliphatic carbocycles. The molecule has 1 unspecified atom stereocenters. The Morgan fingerprint density at radius 1 is 1.32 bits per heavy atom. The van der Waals surface area contributed by atoms with E-state index >= 15 is 0 Å². The van der Waals surface area contributed by atoms with Crippen LogP contribution in [0.25, 0.3) is 0 Å². The molecule has 1 aliphatic heterocycles. The molecule has 4 nitrogen and oxygen atoms in total. The lowest BCUT2D eigenvalue weighted by atomic mass is 10.1. The minimum Gasteiger partial charge on any atom is -0.376 e. The van der Waals surface area contributed by atoms with E-state index in [-0.39, 0.29) is 24.4 Å². The lowest BCUT2D eigenvalue weighted by Gasteiger charge is -2.22. The Hall–Kier alpha value is -1.10. The minimum absolute atomic E-state index is 0. The third-order valence-corrected chi connectivity index (χ3v) is 3.22. The van der Waals surface area contributed by atoms with Crippen LogP contribution in [0.15, 0.2) is 24.3 Å². The molecule has 3 N–H and O–H groups in total. The van der Waals surface area contributed by atoms with Gasteiger partial charge in [0.25, 0.3) is 5.91 Å². The Morgan fingerprint density at radius 3 is 2.63 bits per heavy atom. The van der Waals surface area contributed by atoms with Crippen LogP contribution in [-0.4, -0.2) is 25.2 Å². The van der Waals surface area contributed by atoms with E-state index in [2.05, 4.69) is 5.32 Å². The summed E-state index contributed by atoms with van der Waals surface area (Å²) >= 11 is 0. The van der Waals surface area contributed by atoms with Crippen LogP contribution in [0, 0.1) is 0 Å². The van der Waals surface area contributed by atoms with E-state index in [4.69, 9.17) is 10.5 Å². The van der Waals surface area contributed by atoms with Gasteiger partial charge in [-0.05, 0) is 37.0 Å². The normalized spacial score (nSPS) is 18.5. The molecule has 1 aromatic carbocycles. The summed E-state index contributed by atoms with van der Waals surface area (Å²) in [7, 11) is 0. The van der Waals surface area contributed by atoms with Crippen LogP contribution in [0.3, 0.4) is 0 Å². The van der Waals surface area contributed by atoms with Crippen LogP contribution in [0.4, 0.5) is 0 Å². The summed E-state index contributed by atoms with van der Waals surface area (Å²) in [5, 5.41) is 2.91. The SMILES string of the molecule is Cl.NCc1ccc(C(=O)NCC2CCCCO2)cc1. The molecular weight excluding hydrogens is 264 g/mol. The molecule has 1 atom stereocenters. The number of carbonyl (C=O) groups is 1. The van der Waals surface area contributed by atoms with Crippen molar-refractivity contribution in [2.45, 2.75) is 31.9 Å². The molecular formula is C14H21ClN2O2. The van der Waals surface area contributed by atoms with Crippen molar-refractivity contribution in [2.75, 3.05) is 13.2 Å². The second-order valence-corrected chi connectivity index (χ2v) is 4.60. The Kier molecular flexibility index (Phi) is 6.84. The van der Waals surface area contributed by atoms with E-state index in [1.807, 2.05) is 12.1 Å². The van der Waals surface area contributed by atoms with Crippen molar-refractivity contribution in [1.82, 2.24) is 5.32 Å². The second-order valence-electron chi connectivity index (χ2n) is 4.60. The maximum atomic E-state index is 11.9. The molecule has 1 saturated heterocycles. The number of ether oxygens (including phenoxy) is 1. The summed E-state index contributed by atoms with van der Waals surface area (Å²) in [6.07, 6.45) is 3.52. The van der Waals surface area contributed by atoms with Crippen molar-refractivity contribution >= 4 is 18.3 Å². The number of hydrogen-bond acceptors (Lipinski definition) is 3. The third-order valence-electron chi connectivity index (χ3n) is 3.22. The van der Waals surface area contributed by atoms with Gasteiger partial charge in [0, 0.05) is 25.3 Å². The fourth-order valence-corrected chi connectivity index (χ4v) is 2.07. The quantitative estimate of drug-likeness (QED) is 0.887. The zero-order valence-electron chi connectivity index (χ0n) is 10.9. The summed E-state index contributed by atoms with van der Waals surface area (Å²) in [6, 6.07) is 7.37. The number of rotatable bonds is 4. The first-order chi connectivity index (χ1) is 8.79. The van der Waals surface area contributed by atoms with Crippen LogP contribution in [0.1, 0.15) is 35.2 Å². The molecule has 106 valence electrons. The molecule has 1 amide bonds. The Labute approximate surface area is 120 Å². The van der Waals surface area contributed by atoms with Gasteiger partial charge < -0.3 is 15.8 Å². The molecule has 1 heterocycles. The van der Waals surface area contributed by atoms with Crippen molar-refractivity contribution in [3.05, 3.63) is 35.4 Å². The molecule has 5 heteroatoms. The van der Waals surface area contributed by atoms with Crippen LogP contribution in [-0.2, 0) is 11.3 Å². The molecule has 1 aliphatic rings. The second kappa shape index (κ2) is 8.15. The van der Waals surface area contributed by atoms with Gasteiger partial charge >= 0.3 is 0 Å². The van der Waals surface area contributed by atoms with E-state index in [1.54, 1.807) is 12.1 Å². The smallest absolute Gasteiger partial charge is 0.251 e. The zero-order valence-corrected chi connectivity index (χ0v) is 11.7. The van der Waals surface area contributed by atoms with E-state index in [0.29, 0.717) is 18.7 Å². The number of hydrogen-bond donors (Lipinski definition) is 2. The third kappa shape index (κ3) is 4.82. The van der Waals surface area contributed by atoms with Gasteiger partial charge in [0.05, 0.1) is 6.10 Å². The number of carbonyl (C=O) groups excluding carboxylic acids is 1. The average Bonchev–Trinajstić information content (AvgIpc) is 2.46. The number of halogens is 1. The lowest BCUT2D eigenvalue weighted by molar-refractivity contribution is 0.0169. The van der Waals surface area contributed by atoms with Crippen molar-refractivity contribution in [3.63, 3.8) is 0 Å². The van der Waals surface area contributed by atoms with Gasteiger partial charge in [-0.3, -0.25) is 4.79 Å². The van der Waals surface area contributed by atoms with Gasteiger partial charge in [0.15, 0.2) is 0 Å². The van der Waals surface area contributed by atoms with Crippen LogP contribution in [0.2, 0.25) is 0 Å². The van der Waals surface area contributed by atoms with Gasteiger partial charge in [-0.2, -0.15) is 0 Å². The number of nitrogens with one attached hydrogen (secondary N) is 1. The first kappa shape index (κ1) is 16.0. The first-order valence-electron chi connectivity index (χ1n) is 6.48. The number of nitrogens with two attached hydrogens (primary N) is 1. The van der Waals surface area contributed by atoms with Gasteiger partial charge in [-0.1, -0.05) is 12.1 Å². The lowest BCUT2D eigenvalue weighted by Crippen LogP contribution is -2.35. The summed E-state index contributed by atoms with van der Waals surface area (Å²) in [5.41, 5.74) is 7.21. The van der Waals surface area contributed by atoms with Crippen molar-refractivity contribution in [3.8, 4) is 0 Å². The van der Waals surface area contributed by atoms with Crippen molar-refractivity contribution < 1.29 is 9.53 Å². The highest BCUT2D eigenvalue weighted by molar-refractivity contribution is 5.94. The highest BCUT2D eigenvalue weighted by Gasteiger charge is 2.15. The Morgan fingerprint density at radius 2 is 2.05 bits per heavy atom. The van der Waals surface area contributed by atoms with Crippen LogP contribution >= 0.6 is 12.4 Å². The molecule has 1 fully saturated rings. The summed E-state index contributed by atoms with van der Waals surface area (Å²) < 4.78 is 5.57. The molecule has 2 rings (SSSR count). The Balaban J connectivity index is 0.00000180. The number of amides is 1. The summed E-state index contributed by atoms with van der Waals surface area (Å²) in [4.78, 5) is 11.9. The monoisotopic (exact) mass is 284 g/mol. The molecule has 19 heavy (non-hydrogen) atoms. The molecule has 1 aromatic rings. The van der Waals surface area contributed by atoms with Gasteiger partial charge in [-0.15, -0.1) is 12.4 Å². The van der Waals surface area contributed by atoms with Crippen LogP contribution in [0.5, 0.6) is 0 Å². The summed E-state index contributed by atoms with van der Waals surface area (Å²) in [6.45, 7) is 1.90. The molecule has 0 saturated carbocycles. The first-order valence-corrected chi connectivity index (χ1v) is 6.48. The van der Waals surface area contributed by atoms with E-state index < -0.39 is 0 Å². The van der Waals surface area contributed by atoms with Gasteiger partial charge in [0.2, 0.25) is 0 Å². The van der Waals surface area contributed by atoms with E-state index in [9.17, 15) is 4.79 Å². The molecule has 0 aromatic heterocycles. The number of benzene rings is 1. The molecule has 0 bridgehead atoms. The zero-order chi connectivity index (χ0) is 12.8. The highest BCUT2D eigenvalue weighted by atomic mass is 35.5. The maximum Gasteiger partial charge on any atom is 0.251 e.